The van der Waals surface area contributed by atoms with Gasteiger partial charge in [-0.15, -0.1) is 0 Å². The van der Waals surface area contributed by atoms with Gasteiger partial charge in [0.05, 0.1) is 13.7 Å². The molecule has 0 heterocycles. The Balaban J connectivity index is 1.99. The number of ether oxygens (including phenoxy) is 2. The highest BCUT2D eigenvalue weighted by atomic mass is 16.5. The van der Waals surface area contributed by atoms with Gasteiger partial charge in [0.1, 0.15) is 0 Å². The number of hydrogen-bond donors (Lipinski definition) is 3. The van der Waals surface area contributed by atoms with E-state index in [9.17, 15) is 4.79 Å². The number of benzene rings is 2. The summed E-state index contributed by atoms with van der Waals surface area (Å²) in [5.41, 5.74) is 3.41. The van der Waals surface area contributed by atoms with Crippen LogP contribution in [0.2, 0.25) is 0 Å². The van der Waals surface area contributed by atoms with Crippen LogP contribution in [0.5, 0.6) is 11.5 Å². The monoisotopic (exact) mass is 412 g/mol. The van der Waals surface area contributed by atoms with Gasteiger partial charge in [0.15, 0.2) is 24.1 Å². The second-order valence-electron chi connectivity index (χ2n) is 6.77. The first-order valence-electron chi connectivity index (χ1n) is 10.2. The average Bonchev–Trinajstić information content (AvgIpc) is 2.74. The van der Waals surface area contributed by atoms with Gasteiger partial charge in [-0.2, -0.15) is 0 Å². The molecule has 2 aromatic rings. The topological polar surface area (TPSA) is 84.0 Å². The van der Waals surface area contributed by atoms with E-state index in [1.54, 1.807) is 7.11 Å². The van der Waals surface area contributed by atoms with Crippen molar-refractivity contribution in [2.75, 3.05) is 26.8 Å². The fraction of sp³-hybridized carbons (Fsp3) is 0.391. The minimum atomic E-state index is -0.162. The predicted octanol–water partition coefficient (Wildman–Crippen LogP) is 2.77. The first-order valence-corrected chi connectivity index (χ1v) is 10.2. The summed E-state index contributed by atoms with van der Waals surface area (Å²) in [6.07, 6.45) is 0. The van der Waals surface area contributed by atoms with Gasteiger partial charge >= 0.3 is 0 Å². The Kier molecular flexibility index (Phi) is 9.51. The molecule has 0 atom stereocenters. The van der Waals surface area contributed by atoms with Crippen molar-refractivity contribution in [3.8, 4) is 11.5 Å². The number of likely N-dealkylation sites (N-methyl/N-ethyl adjacent to an activating group) is 1. The van der Waals surface area contributed by atoms with Crippen LogP contribution in [0.25, 0.3) is 0 Å². The first kappa shape index (κ1) is 23.1. The second-order valence-corrected chi connectivity index (χ2v) is 6.77. The van der Waals surface area contributed by atoms with Crippen molar-refractivity contribution in [3.05, 3.63) is 59.2 Å². The molecule has 3 N–H and O–H groups in total. The minimum absolute atomic E-state index is 0.0437. The molecule has 0 aliphatic carbocycles. The van der Waals surface area contributed by atoms with Gasteiger partial charge in [-0.1, -0.05) is 35.9 Å². The number of methoxy groups -OCH3 is 1. The molecule has 0 aliphatic heterocycles. The highest BCUT2D eigenvalue weighted by Crippen LogP contribution is 2.28. The molecule has 7 heteroatoms. The van der Waals surface area contributed by atoms with Gasteiger partial charge in [-0.05, 0) is 44.0 Å². The number of rotatable bonds is 10. The van der Waals surface area contributed by atoms with E-state index in [1.165, 1.54) is 11.1 Å². The Morgan fingerprint density at radius 2 is 1.77 bits per heavy atom. The number of aliphatic imine (C=N–C) groups is 1. The zero-order valence-electron chi connectivity index (χ0n) is 18.2. The van der Waals surface area contributed by atoms with Crippen LogP contribution in [0.3, 0.4) is 0 Å². The fourth-order valence-electron chi connectivity index (χ4n) is 2.84. The van der Waals surface area contributed by atoms with Crippen LogP contribution >= 0.6 is 0 Å². The van der Waals surface area contributed by atoms with Crippen molar-refractivity contribution in [1.82, 2.24) is 16.0 Å². The maximum absolute atomic E-state index is 11.6. The molecule has 0 aliphatic rings. The molecule has 0 unspecified atom stereocenters. The Morgan fingerprint density at radius 1 is 0.967 bits per heavy atom. The molecule has 162 valence electrons. The van der Waals surface area contributed by atoms with E-state index in [-0.39, 0.29) is 12.5 Å². The molecule has 2 aromatic carbocycles. The molecule has 0 saturated carbocycles. The highest BCUT2D eigenvalue weighted by molar-refractivity contribution is 5.79. The number of amides is 1. The molecule has 0 saturated heterocycles. The number of guanidine groups is 1. The number of aryl methyl sites for hydroxylation is 1. The van der Waals surface area contributed by atoms with Gasteiger partial charge in [-0.25, -0.2) is 4.99 Å². The average molecular weight is 413 g/mol. The van der Waals surface area contributed by atoms with Crippen molar-refractivity contribution in [1.29, 1.82) is 0 Å². The zero-order valence-corrected chi connectivity index (χ0v) is 18.2. The van der Waals surface area contributed by atoms with E-state index >= 15 is 0 Å². The molecule has 0 bridgehead atoms. The van der Waals surface area contributed by atoms with Crippen molar-refractivity contribution >= 4 is 11.9 Å². The summed E-state index contributed by atoms with van der Waals surface area (Å²) in [5.74, 6) is 1.70. The third-order valence-corrected chi connectivity index (χ3v) is 4.27. The van der Waals surface area contributed by atoms with E-state index in [0.29, 0.717) is 31.1 Å². The Bertz CT molecular complexity index is 852. The van der Waals surface area contributed by atoms with Gasteiger partial charge in [-0.3, -0.25) is 4.79 Å². The summed E-state index contributed by atoms with van der Waals surface area (Å²) < 4.78 is 11.0. The Labute approximate surface area is 178 Å². The summed E-state index contributed by atoms with van der Waals surface area (Å²) in [4.78, 5) is 16.3. The van der Waals surface area contributed by atoms with Crippen LogP contribution < -0.4 is 25.4 Å². The van der Waals surface area contributed by atoms with Crippen molar-refractivity contribution in [2.24, 2.45) is 4.99 Å². The molecule has 7 nitrogen and oxygen atoms in total. The number of nitrogens with one attached hydrogen (secondary N) is 3. The fourth-order valence-corrected chi connectivity index (χ4v) is 2.84. The lowest BCUT2D eigenvalue weighted by Crippen LogP contribution is -2.36. The molecule has 30 heavy (non-hydrogen) atoms. The standard InChI is InChI=1S/C23H32N4O3/c1-5-24-22(28)16-30-20-11-10-19(13-21(20)29-4)15-27-23(25-6-2)26-14-18-9-7-8-17(3)12-18/h7-13H,5-6,14-16H2,1-4H3,(H,24,28)(H2,25,26,27). The summed E-state index contributed by atoms with van der Waals surface area (Å²) >= 11 is 0. The molecule has 1 amide bonds. The normalized spacial score (nSPS) is 11.0. The molecule has 0 fully saturated rings. The number of hydrogen-bond acceptors (Lipinski definition) is 4. The number of carbonyl (C=O) groups excluding carboxylic acids is 1. The Hall–Kier alpha value is -3.22. The zero-order chi connectivity index (χ0) is 21.8. The van der Waals surface area contributed by atoms with E-state index < -0.39 is 0 Å². The van der Waals surface area contributed by atoms with Crippen LogP contribution in [0.4, 0.5) is 0 Å². The van der Waals surface area contributed by atoms with E-state index in [2.05, 4.69) is 46.1 Å². The summed E-state index contributed by atoms with van der Waals surface area (Å²) in [6, 6.07) is 14.0. The summed E-state index contributed by atoms with van der Waals surface area (Å²) in [7, 11) is 1.58. The lowest BCUT2D eigenvalue weighted by molar-refractivity contribution is -0.123. The van der Waals surface area contributed by atoms with Gasteiger partial charge in [0.25, 0.3) is 5.91 Å². The molecule has 0 radical (unpaired) electrons. The van der Waals surface area contributed by atoms with Crippen LogP contribution in [0.1, 0.15) is 30.5 Å². The molecule has 0 spiro atoms. The van der Waals surface area contributed by atoms with Gasteiger partial charge in [0.2, 0.25) is 0 Å². The van der Waals surface area contributed by atoms with E-state index in [4.69, 9.17) is 9.47 Å². The molecular formula is C23H32N4O3. The predicted molar refractivity (Wildman–Crippen MR) is 120 cm³/mol. The number of nitrogens with zero attached hydrogens (tertiary/aromatic N) is 1. The van der Waals surface area contributed by atoms with Crippen LogP contribution in [-0.2, 0) is 17.9 Å². The maximum atomic E-state index is 11.6. The van der Waals surface area contributed by atoms with Crippen molar-refractivity contribution in [3.63, 3.8) is 0 Å². The van der Waals surface area contributed by atoms with E-state index in [1.807, 2.05) is 38.1 Å². The smallest absolute Gasteiger partial charge is 0.257 e. The van der Waals surface area contributed by atoms with Crippen LogP contribution in [0, 0.1) is 6.92 Å². The van der Waals surface area contributed by atoms with Crippen molar-refractivity contribution < 1.29 is 14.3 Å². The highest BCUT2D eigenvalue weighted by Gasteiger charge is 2.09. The lowest BCUT2D eigenvalue weighted by Gasteiger charge is -2.14. The first-order chi connectivity index (χ1) is 14.5. The molecule has 2 rings (SSSR count). The number of carbonyl (C=O) groups is 1. The third kappa shape index (κ3) is 7.66. The van der Waals surface area contributed by atoms with Crippen LogP contribution in [-0.4, -0.2) is 38.7 Å². The SMILES string of the molecule is CCNC(=O)COc1ccc(CNC(=NCc2cccc(C)c2)NCC)cc1OC. The molecule has 0 aromatic heterocycles. The lowest BCUT2D eigenvalue weighted by atomic mass is 10.1. The Morgan fingerprint density at radius 3 is 2.47 bits per heavy atom. The second kappa shape index (κ2) is 12.4. The maximum Gasteiger partial charge on any atom is 0.257 e. The minimum Gasteiger partial charge on any atom is -0.493 e. The van der Waals surface area contributed by atoms with Gasteiger partial charge < -0.3 is 25.4 Å². The largest absolute Gasteiger partial charge is 0.493 e. The summed E-state index contributed by atoms with van der Waals surface area (Å²) in [5, 5.41) is 9.30. The molecular weight excluding hydrogens is 380 g/mol. The van der Waals surface area contributed by atoms with Gasteiger partial charge in [0, 0.05) is 19.6 Å². The third-order valence-electron chi connectivity index (χ3n) is 4.27. The van der Waals surface area contributed by atoms with Crippen LogP contribution in [0.15, 0.2) is 47.5 Å². The summed E-state index contributed by atoms with van der Waals surface area (Å²) in [6.45, 7) is 8.46. The van der Waals surface area contributed by atoms with Crippen molar-refractivity contribution in [2.45, 2.75) is 33.9 Å². The quantitative estimate of drug-likeness (QED) is 0.413. The van der Waals surface area contributed by atoms with E-state index in [0.717, 1.165) is 18.1 Å².